The molecule has 3 nitrogen and oxygen atoms in total. The van der Waals surface area contributed by atoms with Crippen LogP contribution in [0.25, 0.3) is 0 Å². The van der Waals surface area contributed by atoms with Crippen LogP contribution in [0.2, 0.25) is 0 Å². The molecule has 2 saturated heterocycles. The summed E-state index contributed by atoms with van der Waals surface area (Å²) in [6.45, 7) is 2.32. The summed E-state index contributed by atoms with van der Waals surface area (Å²) in [5.41, 5.74) is 0.110. The number of carbonyl (C=O) groups excluding carboxylic acids is 1. The van der Waals surface area contributed by atoms with Gasteiger partial charge < -0.3 is 4.74 Å². The highest BCUT2D eigenvalue weighted by Crippen LogP contribution is 2.26. The maximum absolute atomic E-state index is 13.1. The molecule has 108 valence electrons. The Balaban J connectivity index is 1.56. The fourth-order valence-electron chi connectivity index (χ4n) is 3.00. The van der Waals surface area contributed by atoms with E-state index in [0.29, 0.717) is 6.54 Å². The quantitative estimate of drug-likeness (QED) is 0.794. The number of benzene rings is 1. The molecule has 0 aromatic heterocycles. The van der Waals surface area contributed by atoms with Crippen molar-refractivity contribution in [3.63, 3.8) is 0 Å². The van der Waals surface area contributed by atoms with Crippen LogP contribution in [0.3, 0.4) is 0 Å². The van der Waals surface area contributed by atoms with E-state index in [1.165, 1.54) is 0 Å². The minimum atomic E-state index is -0.710. The van der Waals surface area contributed by atoms with E-state index in [9.17, 15) is 13.6 Å². The summed E-state index contributed by atoms with van der Waals surface area (Å²) < 4.78 is 31.9. The molecule has 0 saturated carbocycles. The van der Waals surface area contributed by atoms with Gasteiger partial charge in [0.15, 0.2) is 5.78 Å². The molecule has 1 aromatic carbocycles. The molecule has 20 heavy (non-hydrogen) atoms. The van der Waals surface area contributed by atoms with Crippen LogP contribution < -0.4 is 0 Å². The Morgan fingerprint density at radius 3 is 2.35 bits per heavy atom. The summed E-state index contributed by atoms with van der Waals surface area (Å²) in [4.78, 5) is 14.2. The number of halogens is 2. The Morgan fingerprint density at radius 2 is 1.75 bits per heavy atom. The van der Waals surface area contributed by atoms with Crippen LogP contribution in [-0.2, 0) is 4.74 Å². The smallest absolute Gasteiger partial charge is 0.164 e. The summed E-state index contributed by atoms with van der Waals surface area (Å²) in [7, 11) is 0. The Labute approximate surface area is 116 Å². The van der Waals surface area contributed by atoms with Gasteiger partial charge in [-0.3, -0.25) is 9.69 Å². The number of hydrogen-bond acceptors (Lipinski definition) is 3. The molecule has 0 aliphatic carbocycles. The largest absolute Gasteiger partial charge is 0.372 e. The number of ketones is 1. The minimum absolute atomic E-state index is 0.110. The first-order chi connectivity index (χ1) is 9.60. The van der Waals surface area contributed by atoms with Crippen molar-refractivity contribution in [2.24, 2.45) is 0 Å². The average molecular weight is 281 g/mol. The van der Waals surface area contributed by atoms with Gasteiger partial charge in [0.2, 0.25) is 0 Å². The Hall–Kier alpha value is -1.33. The lowest BCUT2D eigenvalue weighted by Gasteiger charge is -2.31. The molecule has 0 radical (unpaired) electrons. The summed E-state index contributed by atoms with van der Waals surface area (Å²) >= 11 is 0. The van der Waals surface area contributed by atoms with Crippen LogP contribution in [0.1, 0.15) is 29.6 Å². The third-order valence-corrected chi connectivity index (χ3v) is 3.96. The average Bonchev–Trinajstić information content (AvgIpc) is 2.74. The number of rotatable bonds is 4. The van der Waals surface area contributed by atoms with Crippen molar-refractivity contribution in [2.45, 2.75) is 31.5 Å². The number of likely N-dealkylation sites (tertiary alicyclic amines) is 1. The molecule has 0 amide bonds. The standard InChI is InChI=1S/C15H17F2NO2/c16-11-5-10(6-12(17)7-11)15(19)3-4-18-8-13-1-2-14(9-18)20-13/h5-7,13-14H,1-4,8-9H2. The van der Waals surface area contributed by atoms with Crippen molar-refractivity contribution < 1.29 is 18.3 Å². The van der Waals surface area contributed by atoms with Gasteiger partial charge >= 0.3 is 0 Å². The number of morpholine rings is 1. The van der Waals surface area contributed by atoms with Crippen LogP contribution in [0.4, 0.5) is 8.78 Å². The highest BCUT2D eigenvalue weighted by atomic mass is 19.1. The Bertz CT molecular complexity index is 488. The number of Topliss-reactive ketones (excluding diaryl/α,β-unsaturated/α-hetero) is 1. The third kappa shape index (κ3) is 3.04. The van der Waals surface area contributed by atoms with E-state index in [1.807, 2.05) is 0 Å². The van der Waals surface area contributed by atoms with Gasteiger partial charge in [-0.15, -0.1) is 0 Å². The Kier molecular flexibility index (Phi) is 3.81. The second-order valence-corrected chi connectivity index (χ2v) is 5.55. The zero-order valence-corrected chi connectivity index (χ0v) is 11.1. The van der Waals surface area contributed by atoms with Crippen LogP contribution in [0, 0.1) is 11.6 Å². The fourth-order valence-corrected chi connectivity index (χ4v) is 3.00. The number of carbonyl (C=O) groups is 1. The summed E-state index contributed by atoms with van der Waals surface area (Å²) in [5.74, 6) is -1.64. The predicted molar refractivity (Wildman–Crippen MR) is 69.6 cm³/mol. The molecule has 2 atom stereocenters. The molecule has 0 N–H and O–H groups in total. The molecule has 2 unspecified atom stereocenters. The highest BCUT2D eigenvalue weighted by Gasteiger charge is 2.33. The van der Waals surface area contributed by atoms with E-state index >= 15 is 0 Å². The van der Waals surface area contributed by atoms with Crippen LogP contribution >= 0.6 is 0 Å². The number of hydrogen-bond donors (Lipinski definition) is 0. The molecular weight excluding hydrogens is 264 g/mol. The summed E-state index contributed by atoms with van der Waals surface area (Å²) in [6, 6.07) is 2.96. The van der Waals surface area contributed by atoms with Crippen molar-refractivity contribution in [1.82, 2.24) is 4.90 Å². The van der Waals surface area contributed by atoms with Crippen molar-refractivity contribution in [1.29, 1.82) is 0 Å². The zero-order valence-electron chi connectivity index (χ0n) is 11.1. The first-order valence-corrected chi connectivity index (χ1v) is 6.97. The van der Waals surface area contributed by atoms with Crippen LogP contribution in [0.15, 0.2) is 18.2 Å². The van der Waals surface area contributed by atoms with Gasteiger partial charge in [-0.05, 0) is 25.0 Å². The van der Waals surface area contributed by atoms with Crippen molar-refractivity contribution in [2.75, 3.05) is 19.6 Å². The Morgan fingerprint density at radius 1 is 1.15 bits per heavy atom. The first kappa shape index (κ1) is 13.6. The molecule has 2 heterocycles. The number of nitrogens with zero attached hydrogens (tertiary/aromatic N) is 1. The van der Waals surface area contributed by atoms with Gasteiger partial charge in [-0.25, -0.2) is 8.78 Å². The molecule has 3 rings (SSSR count). The van der Waals surface area contributed by atoms with Crippen molar-refractivity contribution >= 4 is 5.78 Å². The van der Waals surface area contributed by atoms with Gasteiger partial charge in [0.25, 0.3) is 0 Å². The van der Waals surface area contributed by atoms with E-state index in [4.69, 9.17) is 4.74 Å². The van der Waals surface area contributed by atoms with Crippen molar-refractivity contribution in [3.05, 3.63) is 35.4 Å². The minimum Gasteiger partial charge on any atom is -0.372 e. The first-order valence-electron chi connectivity index (χ1n) is 6.97. The second kappa shape index (κ2) is 5.58. The lowest BCUT2D eigenvalue weighted by molar-refractivity contribution is -0.0379. The van der Waals surface area contributed by atoms with E-state index in [0.717, 1.165) is 44.1 Å². The van der Waals surface area contributed by atoms with E-state index < -0.39 is 11.6 Å². The number of fused-ring (bicyclic) bond motifs is 2. The molecule has 2 aliphatic rings. The van der Waals surface area contributed by atoms with Gasteiger partial charge in [-0.2, -0.15) is 0 Å². The maximum atomic E-state index is 13.1. The normalized spacial score (nSPS) is 25.9. The molecule has 2 bridgehead atoms. The number of ether oxygens (including phenoxy) is 1. The topological polar surface area (TPSA) is 29.5 Å². The van der Waals surface area contributed by atoms with E-state index in [1.54, 1.807) is 0 Å². The molecule has 0 spiro atoms. The lowest BCUT2D eigenvalue weighted by atomic mass is 10.1. The fraction of sp³-hybridized carbons (Fsp3) is 0.533. The zero-order chi connectivity index (χ0) is 14.1. The van der Waals surface area contributed by atoms with Crippen molar-refractivity contribution in [3.8, 4) is 0 Å². The monoisotopic (exact) mass is 281 g/mol. The molecule has 5 heteroatoms. The summed E-state index contributed by atoms with van der Waals surface area (Å²) in [6.07, 6.45) is 3.03. The molecule has 2 fully saturated rings. The third-order valence-electron chi connectivity index (χ3n) is 3.96. The highest BCUT2D eigenvalue weighted by molar-refractivity contribution is 5.96. The van der Waals surface area contributed by atoms with Gasteiger partial charge in [0.05, 0.1) is 12.2 Å². The summed E-state index contributed by atoms with van der Waals surface area (Å²) in [5, 5.41) is 0. The van der Waals surface area contributed by atoms with E-state index in [-0.39, 0.29) is 30.0 Å². The van der Waals surface area contributed by atoms with Gasteiger partial charge in [0.1, 0.15) is 11.6 Å². The van der Waals surface area contributed by atoms with E-state index in [2.05, 4.69) is 4.90 Å². The molecular formula is C15H17F2NO2. The second-order valence-electron chi connectivity index (χ2n) is 5.55. The van der Waals surface area contributed by atoms with Crippen LogP contribution in [-0.4, -0.2) is 42.5 Å². The SMILES string of the molecule is O=C(CCN1CC2CCC(C1)O2)c1cc(F)cc(F)c1. The predicted octanol–water partition coefficient (Wildman–Crippen LogP) is 2.40. The molecule has 2 aliphatic heterocycles. The van der Waals surface area contributed by atoms with Gasteiger partial charge in [0, 0.05) is 37.7 Å². The molecule has 1 aromatic rings. The maximum Gasteiger partial charge on any atom is 0.164 e. The lowest BCUT2D eigenvalue weighted by Crippen LogP contribution is -2.43. The van der Waals surface area contributed by atoms with Crippen LogP contribution in [0.5, 0.6) is 0 Å². The van der Waals surface area contributed by atoms with Gasteiger partial charge in [-0.1, -0.05) is 0 Å².